The first-order chi connectivity index (χ1) is 4.86. The van der Waals surface area contributed by atoms with Crippen LogP contribution in [0.1, 0.15) is 0 Å². The molecule has 0 unspecified atom stereocenters. The monoisotopic (exact) mass is 351 g/mol. The summed E-state index contributed by atoms with van der Waals surface area (Å²) in [4.78, 5) is 7.38. The minimum Gasteiger partial charge on any atom is -0.333 e. The van der Waals surface area contributed by atoms with E-state index in [1.807, 2.05) is 24.3 Å². The summed E-state index contributed by atoms with van der Waals surface area (Å²) < 4.78 is 0.943. The number of benzene rings is 1. The molecule has 1 aromatic carbocycles. The summed E-state index contributed by atoms with van der Waals surface area (Å²) in [5.74, 6) is 0. The van der Waals surface area contributed by atoms with Gasteiger partial charge < -0.3 is 4.98 Å². The van der Waals surface area contributed by atoms with Crippen molar-refractivity contribution in [2.75, 3.05) is 0 Å². The summed E-state index contributed by atoms with van der Waals surface area (Å²) in [5, 5.41) is 0. The van der Waals surface area contributed by atoms with E-state index in [0.717, 1.165) is 14.9 Å². The van der Waals surface area contributed by atoms with Gasteiger partial charge >= 0.3 is 0 Å². The summed E-state index contributed by atoms with van der Waals surface area (Å²) in [6.07, 6.45) is 0. The number of rotatable bonds is 0. The quantitative estimate of drug-likeness (QED) is 0.572. The van der Waals surface area contributed by atoms with Crippen molar-refractivity contribution in [3.8, 4) is 0 Å². The number of halogens is 1. The molecule has 0 saturated heterocycles. The van der Waals surface area contributed by atoms with Gasteiger partial charge in [-0.15, -0.1) is 0 Å². The van der Waals surface area contributed by atoms with Crippen molar-refractivity contribution in [1.29, 1.82) is 0 Å². The van der Waals surface area contributed by atoms with Gasteiger partial charge in [-0.1, -0.05) is 12.1 Å². The molecular weight excluding hydrogens is 347 g/mol. The molecule has 0 aliphatic rings. The molecule has 0 aliphatic carbocycles. The van der Waals surface area contributed by atoms with E-state index in [1.165, 1.54) is 0 Å². The van der Waals surface area contributed by atoms with E-state index in [4.69, 9.17) is 0 Å². The molecule has 1 heterocycles. The van der Waals surface area contributed by atoms with Crippen molar-refractivity contribution in [3.05, 3.63) is 28.1 Å². The fourth-order valence-electron chi connectivity index (χ4n) is 0.922. The van der Waals surface area contributed by atoms with E-state index in [0.29, 0.717) is 0 Å². The maximum absolute atomic E-state index is 4.24. The molecule has 2 aromatic rings. The van der Waals surface area contributed by atoms with Crippen molar-refractivity contribution in [2.45, 2.75) is 0 Å². The number of imidazole rings is 1. The summed E-state index contributed by atoms with van der Waals surface area (Å²) in [5.41, 5.74) is 2.14. The Bertz CT molecular complexity index is 325. The van der Waals surface area contributed by atoms with Crippen LogP contribution >= 0.6 is 22.6 Å². The Balaban J connectivity index is 0.000000605. The van der Waals surface area contributed by atoms with Crippen LogP contribution in [0, 0.1) is 3.83 Å². The van der Waals surface area contributed by atoms with Gasteiger partial charge in [-0.3, -0.25) is 0 Å². The number of hydrogen-bond donors (Lipinski definition) is 1. The Morgan fingerprint density at radius 1 is 1.27 bits per heavy atom. The van der Waals surface area contributed by atoms with Crippen molar-refractivity contribution in [1.82, 2.24) is 9.97 Å². The fraction of sp³-hybridized carbons (Fsp3) is 0. The number of nitrogens with zero attached hydrogens (tertiary/aromatic N) is 1. The average Bonchev–Trinajstić information content (AvgIpc) is 2.27. The molecule has 0 amide bonds. The second-order valence-corrected chi connectivity index (χ2v) is 3.07. The van der Waals surface area contributed by atoms with Crippen LogP contribution in [0.4, 0.5) is 0 Å². The summed E-state index contributed by atoms with van der Waals surface area (Å²) in [6, 6.07) is 7.99. The van der Waals surface area contributed by atoms with Crippen LogP contribution in [-0.4, -0.2) is 9.97 Å². The predicted octanol–water partition coefficient (Wildman–Crippen LogP) is 2.16. The Morgan fingerprint density at radius 3 is 2.73 bits per heavy atom. The maximum atomic E-state index is 4.24. The summed E-state index contributed by atoms with van der Waals surface area (Å²) in [7, 11) is 0. The minimum absolute atomic E-state index is 0. The Kier molecular flexibility index (Phi) is 3.12. The smallest absolute Gasteiger partial charge is 0.169 e. The van der Waals surface area contributed by atoms with Crippen molar-refractivity contribution < 1.29 is 22.4 Å². The molecule has 0 atom stereocenters. The number of nitrogens with one attached hydrogen (secondary N) is 1. The minimum atomic E-state index is 0. The van der Waals surface area contributed by atoms with Gasteiger partial charge in [-0.2, -0.15) is 0 Å². The average molecular weight is 352 g/mol. The fourth-order valence-corrected chi connectivity index (χ4v) is 1.47. The standard InChI is InChI=1S/C7H5IN2.Ag/c8-7-9-5-3-1-2-4-6(5)10-7;/h1-4H,(H,9,10);. The zero-order valence-electron chi connectivity index (χ0n) is 5.44. The molecule has 1 N–H and O–H groups in total. The summed E-state index contributed by atoms with van der Waals surface area (Å²) >= 11 is 2.17. The van der Waals surface area contributed by atoms with E-state index >= 15 is 0 Å². The van der Waals surface area contributed by atoms with Gasteiger partial charge in [0.25, 0.3) is 0 Å². The molecular formula is C7H5AgIN2. The molecule has 1 radical (unpaired) electrons. The number of aromatic nitrogens is 2. The molecule has 1 aromatic heterocycles. The van der Waals surface area contributed by atoms with E-state index in [2.05, 4.69) is 32.6 Å². The first-order valence-corrected chi connectivity index (χ1v) is 4.04. The second kappa shape index (κ2) is 3.71. The SMILES string of the molecule is Ic1nc2ccccc2[nH]1.[Ag]. The van der Waals surface area contributed by atoms with E-state index in [-0.39, 0.29) is 22.4 Å². The van der Waals surface area contributed by atoms with Crippen molar-refractivity contribution >= 4 is 33.6 Å². The molecule has 0 saturated carbocycles. The largest absolute Gasteiger partial charge is 0.333 e. The number of aromatic amines is 1. The first kappa shape index (κ1) is 9.25. The van der Waals surface area contributed by atoms with Gasteiger partial charge in [0, 0.05) is 22.4 Å². The molecule has 11 heavy (non-hydrogen) atoms. The van der Waals surface area contributed by atoms with Gasteiger partial charge in [0.1, 0.15) is 0 Å². The van der Waals surface area contributed by atoms with Crippen LogP contribution in [0.25, 0.3) is 11.0 Å². The molecule has 0 fully saturated rings. The zero-order chi connectivity index (χ0) is 6.97. The molecule has 0 aliphatic heterocycles. The molecule has 61 valence electrons. The number of H-pyrrole nitrogens is 1. The Hall–Kier alpha value is 0.160. The van der Waals surface area contributed by atoms with E-state index in [9.17, 15) is 0 Å². The molecule has 2 rings (SSSR count). The van der Waals surface area contributed by atoms with Gasteiger partial charge in [0.2, 0.25) is 0 Å². The number of hydrogen-bond acceptors (Lipinski definition) is 1. The van der Waals surface area contributed by atoms with Crippen LogP contribution in [0.2, 0.25) is 0 Å². The molecule has 2 nitrogen and oxygen atoms in total. The maximum Gasteiger partial charge on any atom is 0.169 e. The predicted molar refractivity (Wildman–Crippen MR) is 48.8 cm³/mol. The van der Waals surface area contributed by atoms with E-state index in [1.54, 1.807) is 0 Å². The summed E-state index contributed by atoms with van der Waals surface area (Å²) in [6.45, 7) is 0. The van der Waals surface area contributed by atoms with Crippen LogP contribution in [-0.2, 0) is 22.4 Å². The van der Waals surface area contributed by atoms with Gasteiger partial charge in [-0.05, 0) is 34.7 Å². The van der Waals surface area contributed by atoms with Gasteiger partial charge in [0.05, 0.1) is 11.0 Å². The third-order valence-electron chi connectivity index (χ3n) is 1.36. The zero-order valence-corrected chi connectivity index (χ0v) is 9.08. The van der Waals surface area contributed by atoms with E-state index < -0.39 is 0 Å². The molecule has 4 heteroatoms. The Labute approximate surface area is 93.4 Å². The van der Waals surface area contributed by atoms with Crippen LogP contribution < -0.4 is 0 Å². The van der Waals surface area contributed by atoms with Gasteiger partial charge in [-0.25, -0.2) is 4.98 Å². The number of para-hydroxylation sites is 2. The second-order valence-electron chi connectivity index (χ2n) is 2.04. The van der Waals surface area contributed by atoms with Crippen LogP contribution in [0.5, 0.6) is 0 Å². The Morgan fingerprint density at radius 2 is 2.00 bits per heavy atom. The topological polar surface area (TPSA) is 28.7 Å². The van der Waals surface area contributed by atoms with Crippen LogP contribution in [0.15, 0.2) is 24.3 Å². The van der Waals surface area contributed by atoms with Crippen molar-refractivity contribution in [2.24, 2.45) is 0 Å². The van der Waals surface area contributed by atoms with Gasteiger partial charge in [0.15, 0.2) is 3.83 Å². The van der Waals surface area contributed by atoms with Crippen molar-refractivity contribution in [3.63, 3.8) is 0 Å². The van der Waals surface area contributed by atoms with Crippen LogP contribution in [0.3, 0.4) is 0 Å². The number of fused-ring (bicyclic) bond motifs is 1. The molecule has 0 bridgehead atoms. The first-order valence-electron chi connectivity index (χ1n) is 2.96. The third-order valence-corrected chi connectivity index (χ3v) is 1.87. The molecule has 0 spiro atoms. The third kappa shape index (κ3) is 1.84. The normalized spacial score (nSPS) is 9.55.